The first-order chi connectivity index (χ1) is 12.2. The number of ether oxygens (including phenoxy) is 4. The van der Waals surface area contributed by atoms with E-state index in [-0.39, 0.29) is 11.4 Å². The lowest BCUT2D eigenvalue weighted by Gasteiger charge is -2.23. The lowest BCUT2D eigenvalue weighted by Crippen LogP contribution is -2.41. The summed E-state index contributed by atoms with van der Waals surface area (Å²) in [4.78, 5) is 47.7. The number of carbonyl (C=O) groups is 3. The molecular formula is C14H17N3O8S. The van der Waals surface area contributed by atoms with Crippen LogP contribution in [0.15, 0.2) is 11.0 Å². The molecule has 0 unspecified atom stereocenters. The summed E-state index contributed by atoms with van der Waals surface area (Å²) < 4.78 is 22.1. The minimum Gasteiger partial charge on any atom is -0.463 e. The highest BCUT2D eigenvalue weighted by atomic mass is 32.1. The maximum atomic E-state index is 11.5. The number of aromatic amines is 1. The molecule has 1 fully saturated rings. The molecule has 0 radical (unpaired) electrons. The van der Waals surface area contributed by atoms with Crippen molar-refractivity contribution in [3.63, 3.8) is 0 Å². The lowest BCUT2D eigenvalue weighted by molar-refractivity contribution is -0.166. The van der Waals surface area contributed by atoms with Gasteiger partial charge in [-0.1, -0.05) is 0 Å². The zero-order valence-electron chi connectivity index (χ0n) is 14.2. The minimum atomic E-state index is -1.12. The summed E-state index contributed by atoms with van der Waals surface area (Å²) in [5.74, 6) is -1.88. The predicted molar refractivity (Wildman–Crippen MR) is 85.3 cm³/mol. The van der Waals surface area contributed by atoms with Crippen LogP contribution in [0.1, 0.15) is 27.0 Å². The molecule has 1 aliphatic rings. The summed E-state index contributed by atoms with van der Waals surface area (Å²) in [5.41, 5.74) is -0.527. The number of aromatic nitrogens is 3. The van der Waals surface area contributed by atoms with Gasteiger partial charge in [0.1, 0.15) is 18.9 Å². The van der Waals surface area contributed by atoms with Gasteiger partial charge in [-0.2, -0.15) is 5.10 Å². The van der Waals surface area contributed by atoms with Crippen molar-refractivity contribution in [1.82, 2.24) is 14.8 Å². The van der Waals surface area contributed by atoms with Crippen LogP contribution in [-0.2, 0) is 33.3 Å². The summed E-state index contributed by atoms with van der Waals surface area (Å²) in [7, 11) is 0. The Balaban J connectivity index is 2.41. The molecule has 2 heterocycles. The van der Waals surface area contributed by atoms with E-state index in [1.807, 2.05) is 0 Å². The van der Waals surface area contributed by atoms with Crippen molar-refractivity contribution in [2.45, 2.75) is 45.3 Å². The zero-order valence-corrected chi connectivity index (χ0v) is 15.0. The Bertz CT molecular complexity index is 819. The zero-order chi connectivity index (χ0) is 19.4. The largest absolute Gasteiger partial charge is 0.463 e. The van der Waals surface area contributed by atoms with Gasteiger partial charge in [0.15, 0.2) is 23.2 Å². The first kappa shape index (κ1) is 19.7. The average molecular weight is 387 g/mol. The molecule has 0 amide bonds. The second-order valence-electron chi connectivity index (χ2n) is 5.40. The monoisotopic (exact) mass is 387 g/mol. The SMILES string of the molecule is CC(=O)OC[C@H]1O[C@@H](n2ncc(=O)[nH]c2=S)[C@H](OC(C)=O)[C@@H]1OC(C)=O. The van der Waals surface area contributed by atoms with Crippen LogP contribution in [0.4, 0.5) is 0 Å². The van der Waals surface area contributed by atoms with Gasteiger partial charge >= 0.3 is 17.9 Å². The van der Waals surface area contributed by atoms with Crippen molar-refractivity contribution >= 4 is 30.1 Å². The minimum absolute atomic E-state index is 0.0886. The number of esters is 3. The number of nitrogens with one attached hydrogen (secondary N) is 1. The van der Waals surface area contributed by atoms with Gasteiger partial charge in [-0.3, -0.25) is 24.2 Å². The van der Waals surface area contributed by atoms with Crippen molar-refractivity contribution < 1.29 is 33.3 Å². The van der Waals surface area contributed by atoms with Crippen LogP contribution in [0.2, 0.25) is 0 Å². The van der Waals surface area contributed by atoms with E-state index in [1.165, 1.54) is 20.8 Å². The van der Waals surface area contributed by atoms with E-state index in [0.29, 0.717) is 0 Å². The molecule has 0 bridgehead atoms. The van der Waals surface area contributed by atoms with E-state index in [2.05, 4.69) is 10.1 Å². The molecule has 0 aromatic carbocycles. The van der Waals surface area contributed by atoms with Crippen LogP contribution in [0.25, 0.3) is 0 Å². The molecule has 0 spiro atoms. The molecule has 1 aliphatic heterocycles. The summed E-state index contributed by atoms with van der Waals surface area (Å²) in [6.07, 6.45) is -3.27. The molecule has 0 saturated carbocycles. The second-order valence-corrected chi connectivity index (χ2v) is 5.79. The number of H-pyrrole nitrogens is 1. The summed E-state index contributed by atoms with van der Waals surface area (Å²) >= 11 is 5.05. The number of hydrogen-bond donors (Lipinski definition) is 1. The van der Waals surface area contributed by atoms with Crippen molar-refractivity contribution in [3.05, 3.63) is 21.3 Å². The van der Waals surface area contributed by atoms with E-state index in [4.69, 9.17) is 31.2 Å². The van der Waals surface area contributed by atoms with Crippen molar-refractivity contribution in [2.75, 3.05) is 6.61 Å². The Hall–Kier alpha value is -2.60. The molecule has 11 nitrogen and oxygen atoms in total. The van der Waals surface area contributed by atoms with Gasteiger partial charge in [-0.05, 0) is 12.2 Å². The third-order valence-electron chi connectivity index (χ3n) is 3.32. The molecule has 142 valence electrons. The third-order valence-corrected chi connectivity index (χ3v) is 3.61. The fraction of sp³-hybridized carbons (Fsp3) is 0.571. The molecule has 1 aromatic heterocycles. The lowest BCUT2D eigenvalue weighted by atomic mass is 10.1. The first-order valence-electron chi connectivity index (χ1n) is 7.50. The summed E-state index contributed by atoms with van der Waals surface area (Å²) in [5, 5.41) is 3.86. The van der Waals surface area contributed by atoms with Gasteiger partial charge in [0, 0.05) is 20.8 Å². The standard InChI is InChI=1S/C14H17N3O8S/c1-6(18)22-5-9-11(23-7(2)19)12(24-8(3)20)13(25-9)17-14(26)16-10(21)4-15-17/h4,9,11-13H,5H2,1-3H3,(H,16,21,26)/t9-,11-,12-,13-/m1/s1. The van der Waals surface area contributed by atoms with Crippen molar-refractivity contribution in [3.8, 4) is 0 Å². The van der Waals surface area contributed by atoms with Crippen LogP contribution in [-0.4, -0.2) is 57.6 Å². The van der Waals surface area contributed by atoms with Crippen LogP contribution in [0, 0.1) is 4.77 Å². The Kier molecular flexibility index (Phi) is 6.21. The van der Waals surface area contributed by atoms with E-state index < -0.39 is 48.0 Å². The number of hydrogen-bond acceptors (Lipinski definition) is 10. The topological polar surface area (TPSA) is 139 Å². The van der Waals surface area contributed by atoms with E-state index in [1.54, 1.807) is 0 Å². The molecule has 12 heteroatoms. The van der Waals surface area contributed by atoms with Crippen LogP contribution in [0.5, 0.6) is 0 Å². The van der Waals surface area contributed by atoms with E-state index in [0.717, 1.165) is 10.9 Å². The Morgan fingerprint density at radius 1 is 1.19 bits per heavy atom. The molecule has 1 aromatic rings. The van der Waals surface area contributed by atoms with Gasteiger partial charge < -0.3 is 18.9 Å². The fourth-order valence-electron chi connectivity index (χ4n) is 2.43. The second kappa shape index (κ2) is 8.19. The van der Waals surface area contributed by atoms with Gasteiger partial charge in [0.05, 0.1) is 0 Å². The van der Waals surface area contributed by atoms with Crippen molar-refractivity contribution in [1.29, 1.82) is 0 Å². The Morgan fingerprint density at radius 3 is 2.35 bits per heavy atom. The number of carbonyl (C=O) groups excluding carboxylic acids is 3. The van der Waals surface area contributed by atoms with Gasteiger partial charge in [0.2, 0.25) is 0 Å². The van der Waals surface area contributed by atoms with Crippen LogP contribution < -0.4 is 5.56 Å². The molecule has 4 atom stereocenters. The Labute approximate surface area is 152 Å². The highest BCUT2D eigenvalue weighted by Gasteiger charge is 2.51. The highest BCUT2D eigenvalue weighted by molar-refractivity contribution is 7.71. The van der Waals surface area contributed by atoms with Gasteiger partial charge in [0.25, 0.3) is 5.56 Å². The van der Waals surface area contributed by atoms with Crippen LogP contribution >= 0.6 is 12.2 Å². The molecule has 1 N–H and O–H groups in total. The predicted octanol–water partition coefficient (Wildman–Crippen LogP) is -0.375. The van der Waals surface area contributed by atoms with Gasteiger partial charge in [-0.25, -0.2) is 4.68 Å². The highest BCUT2D eigenvalue weighted by Crippen LogP contribution is 2.33. The molecular weight excluding hydrogens is 370 g/mol. The summed E-state index contributed by atoms with van der Waals surface area (Å²) in [6, 6.07) is 0. The molecule has 2 rings (SSSR count). The number of nitrogens with zero attached hydrogens (tertiary/aromatic N) is 2. The molecule has 26 heavy (non-hydrogen) atoms. The fourth-order valence-corrected chi connectivity index (χ4v) is 2.68. The van der Waals surface area contributed by atoms with E-state index >= 15 is 0 Å². The number of rotatable bonds is 5. The van der Waals surface area contributed by atoms with Crippen molar-refractivity contribution in [2.24, 2.45) is 0 Å². The summed E-state index contributed by atoms with van der Waals surface area (Å²) in [6.45, 7) is 3.29. The maximum absolute atomic E-state index is 11.5. The molecule has 0 aliphatic carbocycles. The average Bonchev–Trinajstić information content (AvgIpc) is 2.82. The molecule has 1 saturated heterocycles. The smallest absolute Gasteiger partial charge is 0.303 e. The van der Waals surface area contributed by atoms with E-state index in [9.17, 15) is 19.2 Å². The quantitative estimate of drug-likeness (QED) is 0.404. The van der Waals surface area contributed by atoms with Crippen LogP contribution in [0.3, 0.4) is 0 Å². The Morgan fingerprint density at radius 2 is 1.81 bits per heavy atom. The normalized spacial score (nSPS) is 24.7. The van der Waals surface area contributed by atoms with Gasteiger partial charge in [-0.15, -0.1) is 0 Å². The first-order valence-corrected chi connectivity index (χ1v) is 7.91. The third kappa shape index (κ3) is 4.73. The maximum Gasteiger partial charge on any atom is 0.303 e.